The van der Waals surface area contributed by atoms with E-state index < -0.39 is 35.5 Å². The fraction of sp³-hybridized carbons (Fsp3) is 0.158. The molecule has 0 bridgehead atoms. The van der Waals surface area contributed by atoms with Gasteiger partial charge in [0.1, 0.15) is 10.7 Å². The van der Waals surface area contributed by atoms with Gasteiger partial charge in [-0.1, -0.05) is 5.57 Å². The summed E-state index contributed by atoms with van der Waals surface area (Å²) in [5.41, 5.74) is 23.6. The molecule has 0 saturated carbocycles. The Morgan fingerprint density at radius 2 is 1.41 bits per heavy atom. The lowest BCUT2D eigenvalue weighted by molar-refractivity contribution is 0.315. The van der Waals surface area contributed by atoms with Gasteiger partial charge in [0, 0.05) is 12.5 Å². The molecule has 2 aromatic rings. The Balaban J connectivity index is 0.000000294. The minimum Gasteiger partial charge on any atom is -0.398 e. The van der Waals surface area contributed by atoms with Gasteiger partial charge in [-0.25, -0.2) is 0 Å². The molecule has 1 aliphatic carbocycles. The van der Waals surface area contributed by atoms with Crippen molar-refractivity contribution < 1.29 is 43.1 Å². The summed E-state index contributed by atoms with van der Waals surface area (Å²) in [6.07, 6.45) is 1.68. The van der Waals surface area contributed by atoms with Crippen LogP contribution in [0.5, 0.6) is 0 Å². The van der Waals surface area contributed by atoms with Crippen molar-refractivity contribution in [2.24, 2.45) is 11.5 Å². The first-order chi connectivity index (χ1) is 16.9. The number of allylic oxidation sites excluding steroid dienone is 1. The zero-order valence-electron chi connectivity index (χ0n) is 19.1. The van der Waals surface area contributed by atoms with Crippen LogP contribution in [-0.4, -0.2) is 45.0 Å². The number of hydrogen-bond donors (Lipinski definition) is 8. The summed E-state index contributed by atoms with van der Waals surface area (Å²) in [4.78, 5) is -0.699. The van der Waals surface area contributed by atoms with Gasteiger partial charge in [0.05, 0.1) is 27.7 Å². The largest absolute Gasteiger partial charge is 0.446 e. The van der Waals surface area contributed by atoms with Gasteiger partial charge >= 0.3 is 10.4 Å². The second-order valence-corrected chi connectivity index (χ2v) is 11.4. The van der Waals surface area contributed by atoms with Gasteiger partial charge in [0.2, 0.25) is 0 Å². The molecule has 0 spiro atoms. The fourth-order valence-electron chi connectivity index (χ4n) is 2.81. The lowest BCUT2D eigenvalue weighted by Crippen LogP contribution is -2.28. The van der Waals surface area contributed by atoms with Crippen molar-refractivity contribution in [3.8, 4) is 0 Å². The minimum atomic E-state index is -4.52. The molecule has 0 aliphatic heterocycles. The molecule has 0 radical (unpaired) electrons. The van der Waals surface area contributed by atoms with Crippen LogP contribution in [0.2, 0.25) is 0 Å². The molecule has 11 N–H and O–H groups in total. The van der Waals surface area contributed by atoms with Crippen molar-refractivity contribution in [1.29, 1.82) is 0 Å². The number of nitrogen functional groups attached to an aromatic ring is 1. The van der Waals surface area contributed by atoms with Crippen LogP contribution in [0.4, 0.5) is 17.1 Å². The van der Waals surface area contributed by atoms with Crippen LogP contribution in [0.25, 0.3) is 0 Å². The number of anilines is 3. The summed E-state index contributed by atoms with van der Waals surface area (Å²) in [5, 5.41) is 0. The monoisotopic (exact) mass is 579 g/mol. The van der Waals surface area contributed by atoms with Gasteiger partial charge in [-0.3, -0.25) is 13.7 Å². The van der Waals surface area contributed by atoms with Crippen molar-refractivity contribution in [2.75, 3.05) is 16.6 Å². The maximum absolute atomic E-state index is 11.2. The van der Waals surface area contributed by atoms with Gasteiger partial charge < -0.3 is 32.2 Å². The molecular weight excluding hydrogens is 554 g/mol. The van der Waals surface area contributed by atoms with Crippen LogP contribution in [0.1, 0.15) is 13.3 Å². The first-order valence-electron chi connectivity index (χ1n) is 9.92. The smallest absolute Gasteiger partial charge is 0.398 e. The van der Waals surface area contributed by atoms with Crippen LogP contribution >= 0.6 is 0 Å². The van der Waals surface area contributed by atoms with Crippen molar-refractivity contribution in [1.82, 2.24) is 0 Å². The first-order valence-corrected chi connectivity index (χ1v) is 14.2. The normalized spacial score (nSPS) is 16.2. The summed E-state index contributed by atoms with van der Waals surface area (Å²) in [6, 6.07) is 8.72. The lowest BCUT2D eigenvalue weighted by atomic mass is 9.98. The molecule has 0 heterocycles. The van der Waals surface area contributed by atoms with Gasteiger partial charge in [-0.2, -0.15) is 25.3 Å². The van der Waals surface area contributed by atoms with Crippen molar-refractivity contribution in [2.45, 2.75) is 29.2 Å². The Kier molecular flexibility index (Phi) is 9.14. The summed E-state index contributed by atoms with van der Waals surface area (Å²) in [7, 11) is -13.2. The Morgan fingerprint density at radius 1 is 0.865 bits per heavy atom. The molecule has 0 aromatic heterocycles. The van der Waals surface area contributed by atoms with Crippen molar-refractivity contribution in [3.05, 3.63) is 65.6 Å². The van der Waals surface area contributed by atoms with Crippen molar-refractivity contribution >= 4 is 47.7 Å². The Labute approximate surface area is 213 Å². The van der Waals surface area contributed by atoms with E-state index in [0.717, 1.165) is 11.6 Å². The molecule has 1 unspecified atom stereocenters. The standard InChI is InChI=1S/C12H13N3O6S2.C7H12N2O4S/c13-11-6-3-9(7-12(11)23(19,20)21)15-14-8-1-4-10(5-2-8)22(16,17)18;1-4-2-6(9)7(3-5(4)8)13-14(10,11)12/h1-7,14-15H,13H2,(H,16,17,18)(H,19,20,21);2,5H,3,8-9H2,1H3,(H,10,11,12). The van der Waals surface area contributed by atoms with Gasteiger partial charge in [0.15, 0.2) is 0 Å². The van der Waals surface area contributed by atoms with E-state index in [-0.39, 0.29) is 34.5 Å². The van der Waals surface area contributed by atoms with Gasteiger partial charge in [-0.15, -0.1) is 0 Å². The van der Waals surface area contributed by atoms with E-state index in [9.17, 15) is 25.3 Å². The number of hydrogen-bond acceptors (Lipinski definition) is 12. The van der Waals surface area contributed by atoms with E-state index in [1.165, 1.54) is 42.5 Å². The molecule has 0 amide bonds. The van der Waals surface area contributed by atoms with Crippen LogP contribution in [0.15, 0.2) is 75.4 Å². The Morgan fingerprint density at radius 3 is 1.92 bits per heavy atom. The summed E-state index contributed by atoms with van der Waals surface area (Å²) < 4.78 is 95.6. The molecular formula is C19H25N5O10S3. The fourth-order valence-corrected chi connectivity index (χ4v) is 4.35. The molecule has 15 nitrogen and oxygen atoms in total. The average molecular weight is 580 g/mol. The molecule has 1 atom stereocenters. The van der Waals surface area contributed by atoms with Gasteiger partial charge in [-0.05, 0) is 55.5 Å². The highest BCUT2D eigenvalue weighted by atomic mass is 32.3. The molecule has 0 saturated heterocycles. The molecule has 204 valence electrons. The molecule has 1 aliphatic rings. The third kappa shape index (κ3) is 9.21. The van der Waals surface area contributed by atoms with E-state index in [1.807, 2.05) is 0 Å². The third-order valence-electron chi connectivity index (χ3n) is 4.70. The highest BCUT2D eigenvalue weighted by Gasteiger charge is 2.21. The summed E-state index contributed by atoms with van der Waals surface area (Å²) in [5.74, 6) is -0.0226. The Bertz CT molecular complexity index is 1540. The zero-order valence-corrected chi connectivity index (χ0v) is 21.5. The van der Waals surface area contributed by atoms with Crippen LogP contribution in [-0.2, 0) is 34.8 Å². The zero-order chi connectivity index (χ0) is 28.2. The lowest BCUT2D eigenvalue weighted by Gasteiger charge is -2.20. The second-order valence-electron chi connectivity index (χ2n) is 7.57. The summed E-state index contributed by atoms with van der Waals surface area (Å²) in [6.45, 7) is 1.78. The van der Waals surface area contributed by atoms with E-state index >= 15 is 0 Å². The molecule has 2 aromatic carbocycles. The van der Waals surface area contributed by atoms with Gasteiger partial charge in [0.25, 0.3) is 20.2 Å². The first kappa shape index (κ1) is 29.8. The number of benzene rings is 2. The number of nitrogens with two attached hydrogens (primary N) is 3. The van der Waals surface area contributed by atoms with Crippen LogP contribution in [0.3, 0.4) is 0 Å². The maximum Gasteiger partial charge on any atom is 0.446 e. The molecule has 3 rings (SSSR count). The molecule has 37 heavy (non-hydrogen) atoms. The van der Waals surface area contributed by atoms with Crippen LogP contribution in [0, 0.1) is 0 Å². The number of rotatable bonds is 7. The molecule has 18 heteroatoms. The van der Waals surface area contributed by atoms with Crippen LogP contribution < -0.4 is 28.1 Å². The SMILES string of the molecule is CC1=CC(N)=C(OS(=O)(=O)O)CC1N.Nc1ccc(NNc2ccc(S(=O)(=O)O)cc2)cc1S(=O)(=O)O. The quantitative estimate of drug-likeness (QED) is 0.128. The Hall–Kier alpha value is -3.39. The maximum atomic E-state index is 11.2. The highest BCUT2D eigenvalue weighted by molar-refractivity contribution is 7.86. The number of nitrogens with one attached hydrogen (secondary N) is 2. The predicted molar refractivity (Wildman–Crippen MR) is 134 cm³/mol. The van der Waals surface area contributed by atoms with E-state index in [0.29, 0.717) is 11.4 Å². The third-order valence-corrected chi connectivity index (χ3v) is 6.89. The van der Waals surface area contributed by atoms with Crippen molar-refractivity contribution in [3.63, 3.8) is 0 Å². The average Bonchev–Trinajstić information content (AvgIpc) is 2.75. The van der Waals surface area contributed by atoms with E-state index in [4.69, 9.17) is 30.9 Å². The minimum absolute atomic E-state index is 0.0226. The highest BCUT2D eigenvalue weighted by Crippen LogP contribution is 2.23. The predicted octanol–water partition coefficient (Wildman–Crippen LogP) is 0.855. The van der Waals surface area contributed by atoms with E-state index in [2.05, 4.69) is 15.0 Å². The second kappa shape index (κ2) is 11.3. The summed E-state index contributed by atoms with van der Waals surface area (Å²) >= 11 is 0. The van der Waals surface area contributed by atoms with E-state index in [1.54, 1.807) is 6.92 Å². The molecule has 0 fully saturated rings. The number of hydrazine groups is 1. The topological polar surface area (TPSA) is 274 Å².